The topological polar surface area (TPSA) is 18.5 Å². The number of hydrogen-bond donors (Lipinski definition) is 0. The Morgan fingerprint density at radius 3 is 2.07 bits per heavy atom. The first-order valence-electron chi connectivity index (χ1n) is 5.80. The summed E-state index contributed by atoms with van der Waals surface area (Å²) in [6.07, 6.45) is 3.47. The lowest BCUT2D eigenvalue weighted by Gasteiger charge is -2.28. The predicted molar refractivity (Wildman–Crippen MR) is 68.2 cm³/mol. The highest BCUT2D eigenvalue weighted by atomic mass is 28.4. The summed E-state index contributed by atoms with van der Waals surface area (Å²) in [7, 11) is -1.55. The van der Waals surface area contributed by atoms with E-state index in [0.29, 0.717) is 6.61 Å². The largest absolute Gasteiger partial charge is 0.544 e. The van der Waals surface area contributed by atoms with E-state index in [1.54, 1.807) is 6.26 Å². The lowest BCUT2D eigenvalue weighted by molar-refractivity contribution is 0.267. The Balaban J connectivity index is 4.23. The van der Waals surface area contributed by atoms with Crippen LogP contribution in [-0.4, -0.2) is 14.9 Å². The first kappa shape index (κ1) is 14.3. The van der Waals surface area contributed by atoms with Gasteiger partial charge in [-0.15, -0.1) is 0 Å². The maximum atomic E-state index is 6.01. The second-order valence-electron chi connectivity index (χ2n) is 3.57. The summed E-state index contributed by atoms with van der Waals surface area (Å²) in [5.41, 5.74) is 0. The SMILES string of the molecule is C=C(C=COCC)O[Si](CC)(CC)CC. The smallest absolute Gasteiger partial charge is 0.250 e. The maximum absolute atomic E-state index is 6.01. The molecule has 0 bridgehead atoms. The van der Waals surface area contributed by atoms with E-state index < -0.39 is 8.32 Å². The van der Waals surface area contributed by atoms with Crippen LogP contribution in [0.1, 0.15) is 27.7 Å². The van der Waals surface area contributed by atoms with Gasteiger partial charge in [-0.2, -0.15) is 0 Å². The maximum Gasteiger partial charge on any atom is 0.250 e. The van der Waals surface area contributed by atoms with Crippen molar-refractivity contribution in [2.75, 3.05) is 6.61 Å². The monoisotopic (exact) mass is 228 g/mol. The van der Waals surface area contributed by atoms with Crippen LogP contribution in [0.5, 0.6) is 0 Å². The highest BCUT2D eigenvalue weighted by Crippen LogP contribution is 2.24. The summed E-state index contributed by atoms with van der Waals surface area (Å²) in [5.74, 6) is 0.737. The van der Waals surface area contributed by atoms with Crippen LogP contribution in [0, 0.1) is 0 Å². The molecular weight excluding hydrogens is 204 g/mol. The van der Waals surface area contributed by atoms with Crippen LogP contribution in [-0.2, 0) is 9.16 Å². The molecule has 0 atom stereocenters. The summed E-state index contributed by atoms with van der Waals surface area (Å²) in [5, 5.41) is 0. The summed E-state index contributed by atoms with van der Waals surface area (Å²) in [6, 6.07) is 3.42. The minimum Gasteiger partial charge on any atom is -0.544 e. The molecule has 0 saturated heterocycles. The fourth-order valence-corrected chi connectivity index (χ4v) is 4.06. The first-order chi connectivity index (χ1) is 7.14. The lowest BCUT2D eigenvalue weighted by atomic mass is 10.5. The molecule has 0 heterocycles. The summed E-state index contributed by atoms with van der Waals surface area (Å²) in [6.45, 7) is 13.2. The van der Waals surface area contributed by atoms with Crippen molar-refractivity contribution in [3.63, 3.8) is 0 Å². The second kappa shape index (κ2) is 7.57. The number of hydrogen-bond acceptors (Lipinski definition) is 2. The third kappa shape index (κ3) is 5.07. The van der Waals surface area contributed by atoms with Gasteiger partial charge in [-0.05, 0) is 25.1 Å². The molecule has 0 saturated carbocycles. The fraction of sp³-hybridized carbons (Fsp3) is 0.667. The zero-order chi connectivity index (χ0) is 11.7. The molecule has 0 spiro atoms. The normalized spacial score (nSPS) is 11.7. The van der Waals surface area contributed by atoms with Crippen LogP contribution in [0.4, 0.5) is 0 Å². The highest BCUT2D eigenvalue weighted by molar-refractivity contribution is 6.73. The average Bonchev–Trinajstić information content (AvgIpc) is 2.26. The molecule has 88 valence electrons. The molecule has 0 radical (unpaired) electrons. The van der Waals surface area contributed by atoms with Crippen molar-refractivity contribution < 1.29 is 9.16 Å². The minimum absolute atomic E-state index is 0.682. The van der Waals surface area contributed by atoms with Gasteiger partial charge >= 0.3 is 0 Å². The number of rotatable bonds is 8. The quantitative estimate of drug-likeness (QED) is 0.354. The molecule has 0 N–H and O–H groups in total. The Morgan fingerprint density at radius 2 is 1.67 bits per heavy atom. The Labute approximate surface area is 95.1 Å². The summed E-state index contributed by atoms with van der Waals surface area (Å²) in [4.78, 5) is 0. The molecule has 2 nitrogen and oxygen atoms in total. The third-order valence-corrected chi connectivity index (χ3v) is 7.36. The van der Waals surface area contributed by atoms with Crippen molar-refractivity contribution in [2.45, 2.75) is 45.8 Å². The zero-order valence-corrected chi connectivity index (χ0v) is 11.5. The molecular formula is C12H24O2Si. The van der Waals surface area contributed by atoms with Crippen LogP contribution in [0.3, 0.4) is 0 Å². The Bertz CT molecular complexity index is 199. The van der Waals surface area contributed by atoms with Crippen LogP contribution in [0.25, 0.3) is 0 Å². The molecule has 0 aliphatic carbocycles. The summed E-state index contributed by atoms with van der Waals surface area (Å²) >= 11 is 0. The standard InChI is InChI=1S/C12H24O2Si/c1-6-13-11-10-12(5)14-15(7-2,8-3)9-4/h10-11H,5-9H2,1-4H3. The average molecular weight is 228 g/mol. The van der Waals surface area contributed by atoms with E-state index in [2.05, 4.69) is 27.4 Å². The molecule has 0 unspecified atom stereocenters. The molecule has 0 rings (SSSR count). The van der Waals surface area contributed by atoms with E-state index in [4.69, 9.17) is 9.16 Å². The molecule has 0 aromatic carbocycles. The van der Waals surface area contributed by atoms with Gasteiger partial charge in [0.25, 0.3) is 0 Å². The van der Waals surface area contributed by atoms with Gasteiger partial charge in [0.1, 0.15) is 0 Å². The predicted octanol–water partition coefficient (Wildman–Crippen LogP) is 4.07. The highest BCUT2D eigenvalue weighted by Gasteiger charge is 2.30. The van der Waals surface area contributed by atoms with E-state index in [1.165, 1.54) is 0 Å². The number of ether oxygens (including phenoxy) is 1. The molecule has 0 aliphatic heterocycles. The van der Waals surface area contributed by atoms with Crippen molar-refractivity contribution in [1.82, 2.24) is 0 Å². The molecule has 0 aromatic rings. The van der Waals surface area contributed by atoms with Crippen LogP contribution >= 0.6 is 0 Å². The van der Waals surface area contributed by atoms with Gasteiger partial charge in [-0.3, -0.25) is 0 Å². The van der Waals surface area contributed by atoms with Gasteiger partial charge in [-0.1, -0.05) is 27.4 Å². The van der Waals surface area contributed by atoms with E-state index in [0.717, 1.165) is 23.9 Å². The van der Waals surface area contributed by atoms with Gasteiger partial charge in [0.05, 0.1) is 18.6 Å². The molecule has 3 heteroatoms. The fourth-order valence-electron chi connectivity index (χ4n) is 1.50. The van der Waals surface area contributed by atoms with Crippen molar-refractivity contribution in [3.8, 4) is 0 Å². The lowest BCUT2D eigenvalue weighted by Crippen LogP contribution is -2.34. The number of allylic oxidation sites excluding steroid dienone is 1. The Kier molecular flexibility index (Phi) is 7.22. The summed E-state index contributed by atoms with van der Waals surface area (Å²) < 4.78 is 11.1. The minimum atomic E-state index is -1.55. The molecule has 0 aliphatic rings. The molecule has 0 amide bonds. The van der Waals surface area contributed by atoms with Crippen LogP contribution in [0.2, 0.25) is 18.1 Å². The van der Waals surface area contributed by atoms with Crippen molar-refractivity contribution in [1.29, 1.82) is 0 Å². The Morgan fingerprint density at radius 1 is 1.13 bits per heavy atom. The molecule has 0 fully saturated rings. The van der Waals surface area contributed by atoms with Gasteiger partial charge < -0.3 is 9.16 Å². The van der Waals surface area contributed by atoms with Gasteiger partial charge in [-0.25, -0.2) is 0 Å². The molecule has 15 heavy (non-hydrogen) atoms. The first-order valence-corrected chi connectivity index (χ1v) is 8.33. The Hall–Kier alpha value is -0.703. The van der Waals surface area contributed by atoms with Crippen LogP contribution < -0.4 is 0 Å². The van der Waals surface area contributed by atoms with E-state index in [1.807, 2.05) is 13.0 Å². The second-order valence-corrected chi connectivity index (χ2v) is 8.26. The van der Waals surface area contributed by atoms with Gasteiger partial charge in [0, 0.05) is 6.08 Å². The van der Waals surface area contributed by atoms with Crippen LogP contribution in [0.15, 0.2) is 24.7 Å². The van der Waals surface area contributed by atoms with E-state index in [-0.39, 0.29) is 0 Å². The van der Waals surface area contributed by atoms with E-state index >= 15 is 0 Å². The van der Waals surface area contributed by atoms with Crippen molar-refractivity contribution in [2.24, 2.45) is 0 Å². The van der Waals surface area contributed by atoms with Gasteiger partial charge in [0.2, 0.25) is 8.32 Å². The van der Waals surface area contributed by atoms with Gasteiger partial charge in [0.15, 0.2) is 0 Å². The van der Waals surface area contributed by atoms with Crippen molar-refractivity contribution >= 4 is 8.32 Å². The third-order valence-electron chi connectivity index (χ3n) is 2.80. The van der Waals surface area contributed by atoms with Crippen molar-refractivity contribution in [3.05, 3.63) is 24.7 Å². The molecule has 0 aromatic heterocycles. The zero-order valence-electron chi connectivity index (χ0n) is 10.5. The van der Waals surface area contributed by atoms with E-state index in [9.17, 15) is 0 Å².